The topological polar surface area (TPSA) is 0 Å². The number of thiophene rings is 1. The van der Waals surface area contributed by atoms with E-state index in [0.717, 1.165) is 0 Å². The lowest BCUT2D eigenvalue weighted by atomic mass is 10.1. The molecule has 0 spiro atoms. The van der Waals surface area contributed by atoms with E-state index >= 15 is 0 Å². The summed E-state index contributed by atoms with van der Waals surface area (Å²) in [5, 5.41) is 4.28. The van der Waals surface area contributed by atoms with Gasteiger partial charge in [-0.15, -0.1) is 0 Å². The minimum atomic E-state index is 0.333. The van der Waals surface area contributed by atoms with Crippen LogP contribution in [0.4, 0.5) is 0 Å². The highest BCUT2D eigenvalue weighted by atomic mass is 79.9. The summed E-state index contributed by atoms with van der Waals surface area (Å²) in [6.07, 6.45) is 0. The Labute approximate surface area is 90.4 Å². The van der Waals surface area contributed by atoms with Crippen molar-refractivity contribution in [2.45, 2.75) is 4.83 Å². The third-order valence-corrected chi connectivity index (χ3v) is 3.69. The van der Waals surface area contributed by atoms with Gasteiger partial charge in [-0.1, -0.05) is 46.3 Å². The van der Waals surface area contributed by atoms with Crippen LogP contribution in [0.15, 0.2) is 47.2 Å². The predicted octanol–water partition coefficient (Wildman–Crippen LogP) is 4.23. The highest BCUT2D eigenvalue weighted by molar-refractivity contribution is 9.09. The molecule has 0 nitrogen and oxygen atoms in total. The van der Waals surface area contributed by atoms with Gasteiger partial charge in [0.15, 0.2) is 0 Å². The van der Waals surface area contributed by atoms with E-state index in [-0.39, 0.29) is 0 Å². The molecule has 0 aliphatic heterocycles. The second-order valence-corrected chi connectivity index (χ2v) is 4.53. The molecule has 0 fully saturated rings. The third kappa shape index (κ3) is 2.01. The van der Waals surface area contributed by atoms with Crippen LogP contribution >= 0.6 is 27.3 Å². The number of benzene rings is 1. The number of rotatable bonds is 2. The summed E-state index contributed by atoms with van der Waals surface area (Å²) >= 11 is 5.41. The normalized spacial score (nSPS) is 12.7. The van der Waals surface area contributed by atoms with Crippen molar-refractivity contribution in [3.05, 3.63) is 58.3 Å². The van der Waals surface area contributed by atoms with E-state index in [1.807, 2.05) is 6.07 Å². The van der Waals surface area contributed by atoms with Gasteiger partial charge in [0, 0.05) is 0 Å². The van der Waals surface area contributed by atoms with E-state index in [4.69, 9.17) is 0 Å². The first-order chi connectivity index (χ1) is 6.38. The molecule has 2 aromatic rings. The van der Waals surface area contributed by atoms with Crippen molar-refractivity contribution >= 4 is 27.3 Å². The Bertz CT molecular complexity index is 353. The molecule has 0 N–H and O–H groups in total. The Morgan fingerprint density at radius 3 is 2.38 bits per heavy atom. The van der Waals surface area contributed by atoms with Crippen LogP contribution in [0.3, 0.4) is 0 Å². The van der Waals surface area contributed by atoms with Gasteiger partial charge < -0.3 is 0 Å². The molecule has 0 saturated heterocycles. The lowest BCUT2D eigenvalue weighted by Crippen LogP contribution is -1.88. The van der Waals surface area contributed by atoms with Gasteiger partial charge in [-0.05, 0) is 28.0 Å². The maximum Gasteiger partial charge on any atom is 0.0652 e. The Morgan fingerprint density at radius 2 is 1.77 bits per heavy atom. The second-order valence-electron chi connectivity index (χ2n) is 2.83. The summed E-state index contributed by atoms with van der Waals surface area (Å²) < 4.78 is 0. The standard InChI is InChI=1S/C11H9BrS/c12-11(10-6-7-13-8-10)9-4-2-1-3-5-9/h1-8,11H. The maximum atomic E-state index is 3.68. The van der Waals surface area contributed by atoms with Crippen LogP contribution in [0.5, 0.6) is 0 Å². The van der Waals surface area contributed by atoms with E-state index in [2.05, 4.69) is 57.0 Å². The second kappa shape index (κ2) is 4.07. The Morgan fingerprint density at radius 1 is 1.00 bits per heavy atom. The Kier molecular flexibility index (Phi) is 2.81. The minimum absolute atomic E-state index is 0.333. The molecule has 1 heterocycles. The number of alkyl halides is 1. The van der Waals surface area contributed by atoms with Crippen molar-refractivity contribution in [1.82, 2.24) is 0 Å². The van der Waals surface area contributed by atoms with Gasteiger partial charge in [0.1, 0.15) is 0 Å². The van der Waals surface area contributed by atoms with Gasteiger partial charge in [-0.2, -0.15) is 11.3 Å². The summed E-state index contributed by atoms with van der Waals surface area (Å²) in [7, 11) is 0. The van der Waals surface area contributed by atoms with Crippen LogP contribution in [-0.2, 0) is 0 Å². The van der Waals surface area contributed by atoms with Gasteiger partial charge in [0.05, 0.1) is 4.83 Å². The molecule has 13 heavy (non-hydrogen) atoms. The smallest absolute Gasteiger partial charge is 0.0652 e. The summed E-state index contributed by atoms with van der Waals surface area (Å²) in [6.45, 7) is 0. The largest absolute Gasteiger partial charge is 0.152 e. The zero-order valence-electron chi connectivity index (χ0n) is 6.98. The Hall–Kier alpha value is -0.600. The van der Waals surface area contributed by atoms with Crippen molar-refractivity contribution in [3.63, 3.8) is 0 Å². The molecule has 2 heteroatoms. The molecule has 1 aromatic heterocycles. The SMILES string of the molecule is BrC(c1ccccc1)c1ccsc1. The summed E-state index contributed by atoms with van der Waals surface area (Å²) in [6, 6.07) is 12.6. The first kappa shape index (κ1) is 8.97. The zero-order chi connectivity index (χ0) is 9.10. The Balaban J connectivity index is 2.29. The predicted molar refractivity (Wildman–Crippen MR) is 61.5 cm³/mol. The van der Waals surface area contributed by atoms with Crippen molar-refractivity contribution in [2.24, 2.45) is 0 Å². The molecule has 0 aliphatic rings. The number of hydrogen-bond donors (Lipinski definition) is 0. The van der Waals surface area contributed by atoms with E-state index in [1.165, 1.54) is 11.1 Å². The number of hydrogen-bond acceptors (Lipinski definition) is 1. The highest BCUT2D eigenvalue weighted by Gasteiger charge is 2.08. The molecule has 2 rings (SSSR count). The van der Waals surface area contributed by atoms with E-state index in [0.29, 0.717) is 4.83 Å². The average molecular weight is 253 g/mol. The lowest BCUT2D eigenvalue weighted by molar-refractivity contribution is 1.19. The fraction of sp³-hybridized carbons (Fsp3) is 0.0909. The van der Waals surface area contributed by atoms with Gasteiger partial charge in [-0.25, -0.2) is 0 Å². The average Bonchev–Trinajstić information content (AvgIpc) is 2.71. The fourth-order valence-electron chi connectivity index (χ4n) is 1.23. The molecule has 0 radical (unpaired) electrons. The van der Waals surface area contributed by atoms with Crippen LogP contribution in [-0.4, -0.2) is 0 Å². The maximum absolute atomic E-state index is 3.68. The van der Waals surface area contributed by atoms with Gasteiger partial charge in [0.25, 0.3) is 0 Å². The van der Waals surface area contributed by atoms with Crippen LogP contribution in [0.25, 0.3) is 0 Å². The van der Waals surface area contributed by atoms with Gasteiger partial charge >= 0.3 is 0 Å². The molecule has 0 saturated carbocycles. The third-order valence-electron chi connectivity index (χ3n) is 1.93. The van der Waals surface area contributed by atoms with Crippen LogP contribution in [0.2, 0.25) is 0 Å². The van der Waals surface area contributed by atoms with E-state index in [1.54, 1.807) is 11.3 Å². The van der Waals surface area contributed by atoms with E-state index in [9.17, 15) is 0 Å². The van der Waals surface area contributed by atoms with Crippen molar-refractivity contribution < 1.29 is 0 Å². The van der Waals surface area contributed by atoms with Crippen LogP contribution < -0.4 is 0 Å². The number of halogens is 1. The summed E-state index contributed by atoms with van der Waals surface area (Å²) in [5.74, 6) is 0. The monoisotopic (exact) mass is 252 g/mol. The zero-order valence-corrected chi connectivity index (χ0v) is 9.38. The van der Waals surface area contributed by atoms with Gasteiger partial charge in [0.2, 0.25) is 0 Å². The van der Waals surface area contributed by atoms with Crippen molar-refractivity contribution in [1.29, 1.82) is 0 Å². The minimum Gasteiger partial charge on any atom is -0.152 e. The first-order valence-corrected chi connectivity index (χ1v) is 5.95. The lowest BCUT2D eigenvalue weighted by Gasteiger charge is -2.07. The van der Waals surface area contributed by atoms with Crippen molar-refractivity contribution in [3.8, 4) is 0 Å². The molecule has 1 atom stereocenters. The van der Waals surface area contributed by atoms with Crippen molar-refractivity contribution in [2.75, 3.05) is 0 Å². The molecular formula is C11H9BrS. The highest BCUT2D eigenvalue weighted by Crippen LogP contribution is 2.31. The molecule has 1 aromatic carbocycles. The molecule has 1 unspecified atom stereocenters. The van der Waals surface area contributed by atoms with Crippen LogP contribution in [0, 0.1) is 0 Å². The quantitative estimate of drug-likeness (QED) is 0.702. The molecule has 0 aliphatic carbocycles. The summed E-state index contributed by atoms with van der Waals surface area (Å²) in [5.41, 5.74) is 2.64. The fourth-order valence-corrected chi connectivity index (χ4v) is 2.68. The molecular weight excluding hydrogens is 244 g/mol. The summed E-state index contributed by atoms with van der Waals surface area (Å²) in [4.78, 5) is 0.333. The van der Waals surface area contributed by atoms with Crippen LogP contribution in [0.1, 0.15) is 16.0 Å². The van der Waals surface area contributed by atoms with Gasteiger partial charge in [-0.3, -0.25) is 0 Å². The molecule has 0 bridgehead atoms. The van der Waals surface area contributed by atoms with E-state index < -0.39 is 0 Å². The molecule has 0 amide bonds. The first-order valence-electron chi connectivity index (χ1n) is 4.09. The molecule has 66 valence electrons.